The van der Waals surface area contributed by atoms with Gasteiger partial charge in [-0.3, -0.25) is 0 Å². The van der Waals surface area contributed by atoms with Crippen LogP contribution in [0.2, 0.25) is 5.02 Å². The monoisotopic (exact) mass is 343 g/mol. The zero-order valence-corrected chi connectivity index (χ0v) is 13.3. The van der Waals surface area contributed by atoms with Gasteiger partial charge in [-0.05, 0) is 54.9 Å². The van der Waals surface area contributed by atoms with E-state index in [0.29, 0.717) is 23.3 Å². The van der Waals surface area contributed by atoms with Crippen molar-refractivity contribution < 1.29 is 4.42 Å². The highest BCUT2D eigenvalue weighted by Gasteiger charge is 2.13. The van der Waals surface area contributed by atoms with E-state index >= 15 is 0 Å². The lowest BCUT2D eigenvalue weighted by atomic mass is 10.1. The van der Waals surface area contributed by atoms with Gasteiger partial charge in [0, 0.05) is 15.6 Å². The molecule has 0 aliphatic carbocycles. The van der Waals surface area contributed by atoms with Crippen LogP contribution >= 0.6 is 27.5 Å². The molecule has 0 bridgehead atoms. The van der Waals surface area contributed by atoms with Crippen molar-refractivity contribution in [3.05, 3.63) is 33.6 Å². The Morgan fingerprint density at radius 3 is 2.68 bits per heavy atom. The van der Waals surface area contributed by atoms with E-state index in [-0.39, 0.29) is 5.54 Å². The zero-order chi connectivity index (χ0) is 14.0. The topological polar surface area (TPSA) is 51.0 Å². The number of hydrogen-bond acceptors (Lipinski definition) is 4. The summed E-state index contributed by atoms with van der Waals surface area (Å²) in [5.41, 5.74) is 0.851. The van der Waals surface area contributed by atoms with E-state index < -0.39 is 0 Å². The SMILES string of the molecule is CC(C)(C)NCc1nnc(-c2ccc(Cl)c(Br)c2)o1. The predicted molar refractivity (Wildman–Crippen MR) is 79.0 cm³/mol. The molecule has 0 amide bonds. The predicted octanol–water partition coefficient (Wildman–Crippen LogP) is 4.04. The Morgan fingerprint density at radius 2 is 2.05 bits per heavy atom. The molecule has 1 aromatic carbocycles. The van der Waals surface area contributed by atoms with Crippen LogP contribution in [0.1, 0.15) is 26.7 Å². The van der Waals surface area contributed by atoms with Crippen LogP contribution in [0.25, 0.3) is 11.5 Å². The first-order valence-corrected chi connectivity index (χ1v) is 7.05. The lowest BCUT2D eigenvalue weighted by molar-refractivity contribution is 0.383. The molecule has 2 rings (SSSR count). The van der Waals surface area contributed by atoms with E-state index in [1.165, 1.54) is 0 Å². The van der Waals surface area contributed by atoms with Gasteiger partial charge in [-0.15, -0.1) is 10.2 Å². The third kappa shape index (κ3) is 4.03. The van der Waals surface area contributed by atoms with Crippen molar-refractivity contribution in [1.29, 1.82) is 0 Å². The lowest BCUT2D eigenvalue weighted by Gasteiger charge is -2.18. The van der Waals surface area contributed by atoms with Crippen molar-refractivity contribution in [3.8, 4) is 11.5 Å². The first-order chi connectivity index (χ1) is 8.85. The van der Waals surface area contributed by atoms with Crippen LogP contribution < -0.4 is 5.32 Å². The lowest BCUT2D eigenvalue weighted by Crippen LogP contribution is -2.35. The van der Waals surface area contributed by atoms with Crippen molar-refractivity contribution >= 4 is 27.5 Å². The summed E-state index contributed by atoms with van der Waals surface area (Å²) in [6.07, 6.45) is 0. The van der Waals surface area contributed by atoms with Gasteiger partial charge in [0.05, 0.1) is 11.6 Å². The smallest absolute Gasteiger partial charge is 0.247 e. The van der Waals surface area contributed by atoms with E-state index in [0.717, 1.165) is 10.0 Å². The molecule has 0 aliphatic rings. The summed E-state index contributed by atoms with van der Waals surface area (Å²) in [5.74, 6) is 1.05. The summed E-state index contributed by atoms with van der Waals surface area (Å²) in [6, 6.07) is 5.50. The molecule has 6 heteroatoms. The number of nitrogens with one attached hydrogen (secondary N) is 1. The Kier molecular flexibility index (Phi) is 4.28. The highest BCUT2D eigenvalue weighted by atomic mass is 79.9. The molecule has 0 spiro atoms. The molecule has 1 heterocycles. The van der Waals surface area contributed by atoms with Crippen LogP contribution in [-0.2, 0) is 6.54 Å². The first kappa shape index (κ1) is 14.5. The largest absolute Gasteiger partial charge is 0.419 e. The second-order valence-electron chi connectivity index (χ2n) is 5.23. The van der Waals surface area contributed by atoms with Gasteiger partial charge in [0.1, 0.15) is 0 Å². The fourth-order valence-corrected chi connectivity index (χ4v) is 1.91. The maximum absolute atomic E-state index is 5.95. The van der Waals surface area contributed by atoms with Gasteiger partial charge < -0.3 is 9.73 Å². The van der Waals surface area contributed by atoms with Crippen LogP contribution in [0.5, 0.6) is 0 Å². The molecule has 0 radical (unpaired) electrons. The zero-order valence-electron chi connectivity index (χ0n) is 11.0. The number of benzene rings is 1. The fourth-order valence-electron chi connectivity index (χ4n) is 1.41. The van der Waals surface area contributed by atoms with Gasteiger partial charge in [0.2, 0.25) is 11.8 Å². The van der Waals surface area contributed by atoms with Crippen molar-refractivity contribution in [1.82, 2.24) is 15.5 Å². The maximum atomic E-state index is 5.95. The molecule has 0 fully saturated rings. The molecular weight excluding hydrogens is 330 g/mol. The maximum Gasteiger partial charge on any atom is 0.247 e. The Morgan fingerprint density at radius 1 is 1.32 bits per heavy atom. The molecule has 1 N–H and O–H groups in total. The van der Waals surface area contributed by atoms with Gasteiger partial charge in [-0.25, -0.2) is 0 Å². The minimum atomic E-state index is 0.0118. The van der Waals surface area contributed by atoms with Crippen LogP contribution in [-0.4, -0.2) is 15.7 Å². The summed E-state index contributed by atoms with van der Waals surface area (Å²) >= 11 is 9.32. The summed E-state index contributed by atoms with van der Waals surface area (Å²) < 4.78 is 6.42. The molecular formula is C13H15BrClN3O. The number of aromatic nitrogens is 2. The van der Waals surface area contributed by atoms with Crippen molar-refractivity contribution in [3.63, 3.8) is 0 Å². The van der Waals surface area contributed by atoms with Gasteiger partial charge in [0.25, 0.3) is 0 Å². The van der Waals surface area contributed by atoms with Crippen LogP contribution in [0.4, 0.5) is 0 Å². The van der Waals surface area contributed by atoms with Crippen molar-refractivity contribution in [2.24, 2.45) is 0 Å². The van der Waals surface area contributed by atoms with E-state index in [1.807, 2.05) is 12.1 Å². The van der Waals surface area contributed by atoms with E-state index in [9.17, 15) is 0 Å². The average molecular weight is 345 g/mol. The Bertz CT molecular complexity index is 578. The minimum Gasteiger partial charge on any atom is -0.419 e. The molecule has 0 atom stereocenters. The van der Waals surface area contributed by atoms with Crippen LogP contribution in [0.3, 0.4) is 0 Å². The molecule has 0 saturated carbocycles. The summed E-state index contributed by atoms with van der Waals surface area (Å²) in [5, 5.41) is 12.0. The third-order valence-corrected chi connectivity index (χ3v) is 3.62. The average Bonchev–Trinajstić information content (AvgIpc) is 2.78. The molecule has 0 aliphatic heterocycles. The van der Waals surface area contributed by atoms with Crippen molar-refractivity contribution in [2.45, 2.75) is 32.9 Å². The Balaban J connectivity index is 2.14. The summed E-state index contributed by atoms with van der Waals surface area (Å²) in [7, 11) is 0. The van der Waals surface area contributed by atoms with Gasteiger partial charge in [-0.1, -0.05) is 11.6 Å². The highest BCUT2D eigenvalue weighted by molar-refractivity contribution is 9.10. The first-order valence-electron chi connectivity index (χ1n) is 5.88. The van der Waals surface area contributed by atoms with Crippen molar-refractivity contribution in [2.75, 3.05) is 0 Å². The normalized spacial score (nSPS) is 11.8. The number of halogens is 2. The number of rotatable bonds is 3. The van der Waals surface area contributed by atoms with Gasteiger partial charge >= 0.3 is 0 Å². The molecule has 102 valence electrons. The number of hydrogen-bond donors (Lipinski definition) is 1. The van der Waals surface area contributed by atoms with Gasteiger partial charge in [0.15, 0.2) is 0 Å². The molecule has 2 aromatic rings. The summed E-state index contributed by atoms with van der Waals surface area (Å²) in [6.45, 7) is 6.80. The highest BCUT2D eigenvalue weighted by Crippen LogP contribution is 2.28. The second-order valence-corrected chi connectivity index (χ2v) is 6.49. The quantitative estimate of drug-likeness (QED) is 0.913. The van der Waals surface area contributed by atoms with Crippen LogP contribution in [0.15, 0.2) is 27.1 Å². The molecule has 0 saturated heterocycles. The molecule has 4 nitrogen and oxygen atoms in total. The Labute approximate surface area is 125 Å². The fraction of sp³-hybridized carbons (Fsp3) is 0.385. The standard InChI is InChI=1S/C13H15BrClN3O/c1-13(2,3)16-7-11-17-18-12(19-11)8-4-5-10(15)9(14)6-8/h4-6,16H,7H2,1-3H3. The van der Waals surface area contributed by atoms with Crippen LogP contribution in [0, 0.1) is 0 Å². The second kappa shape index (κ2) is 5.61. The third-order valence-electron chi connectivity index (χ3n) is 2.40. The molecule has 19 heavy (non-hydrogen) atoms. The number of nitrogens with zero attached hydrogens (tertiary/aromatic N) is 2. The molecule has 0 unspecified atom stereocenters. The van der Waals surface area contributed by atoms with E-state index in [1.54, 1.807) is 6.07 Å². The van der Waals surface area contributed by atoms with E-state index in [4.69, 9.17) is 16.0 Å². The van der Waals surface area contributed by atoms with Gasteiger partial charge in [-0.2, -0.15) is 0 Å². The van der Waals surface area contributed by atoms with E-state index in [2.05, 4.69) is 52.2 Å². The minimum absolute atomic E-state index is 0.0118. The Hall–Kier alpha value is -0.910. The summed E-state index contributed by atoms with van der Waals surface area (Å²) in [4.78, 5) is 0. The molecule has 1 aromatic heterocycles.